The summed E-state index contributed by atoms with van der Waals surface area (Å²) in [6.45, 7) is 4.79. The van der Waals surface area contributed by atoms with E-state index in [0.717, 1.165) is 39.3 Å². The van der Waals surface area contributed by atoms with Gasteiger partial charge in [0.2, 0.25) is 9.84 Å². The predicted molar refractivity (Wildman–Crippen MR) is 104 cm³/mol. The highest BCUT2D eigenvalue weighted by Crippen LogP contribution is 2.25. The van der Waals surface area contributed by atoms with Gasteiger partial charge in [0.05, 0.1) is 25.5 Å². The van der Waals surface area contributed by atoms with Crippen LogP contribution in [-0.2, 0) is 14.6 Å². The van der Waals surface area contributed by atoms with Crippen molar-refractivity contribution in [2.75, 3.05) is 39.5 Å². The van der Waals surface area contributed by atoms with Gasteiger partial charge in [-0.25, -0.2) is 8.42 Å². The molecule has 7 heteroatoms. The lowest BCUT2D eigenvalue weighted by atomic mass is 10.3. The molecular formula is C20H24N2O4S. The molecule has 0 aliphatic carbocycles. The second-order valence-electron chi connectivity index (χ2n) is 6.21. The fourth-order valence-electron chi connectivity index (χ4n) is 2.81. The summed E-state index contributed by atoms with van der Waals surface area (Å²) in [6, 6.07) is 12.1. The van der Waals surface area contributed by atoms with Gasteiger partial charge in [0.15, 0.2) is 0 Å². The van der Waals surface area contributed by atoms with Crippen LogP contribution in [0.25, 0.3) is 6.08 Å². The Balaban J connectivity index is 1.61. The van der Waals surface area contributed by atoms with Crippen molar-refractivity contribution in [1.82, 2.24) is 9.88 Å². The molecule has 0 spiro atoms. The van der Waals surface area contributed by atoms with Crippen LogP contribution in [0.1, 0.15) is 12.1 Å². The Labute approximate surface area is 160 Å². The predicted octanol–water partition coefficient (Wildman–Crippen LogP) is 2.63. The average Bonchev–Trinajstić information content (AvgIpc) is 2.72. The van der Waals surface area contributed by atoms with E-state index >= 15 is 0 Å². The molecule has 6 nitrogen and oxygen atoms in total. The van der Waals surface area contributed by atoms with Gasteiger partial charge in [-0.15, -0.1) is 0 Å². The summed E-state index contributed by atoms with van der Waals surface area (Å²) in [6.07, 6.45) is 3.94. The van der Waals surface area contributed by atoms with Crippen molar-refractivity contribution in [3.63, 3.8) is 0 Å². The third-order valence-electron chi connectivity index (χ3n) is 4.24. The number of nitrogens with zero attached hydrogens (tertiary/aromatic N) is 2. The highest BCUT2D eigenvalue weighted by atomic mass is 32.2. The van der Waals surface area contributed by atoms with Crippen LogP contribution in [0.5, 0.6) is 5.75 Å². The maximum Gasteiger partial charge on any atom is 0.203 e. The highest BCUT2D eigenvalue weighted by Gasteiger charge is 2.17. The van der Waals surface area contributed by atoms with Crippen LogP contribution >= 0.6 is 0 Å². The molecule has 2 heterocycles. The van der Waals surface area contributed by atoms with Gasteiger partial charge in [-0.3, -0.25) is 9.88 Å². The number of pyridine rings is 1. The first-order valence-corrected chi connectivity index (χ1v) is 10.6. The minimum absolute atomic E-state index is 0.170. The minimum Gasteiger partial charge on any atom is -0.492 e. The molecule has 2 aromatic rings. The molecule has 1 saturated heterocycles. The van der Waals surface area contributed by atoms with Gasteiger partial charge >= 0.3 is 0 Å². The second kappa shape index (κ2) is 9.64. The van der Waals surface area contributed by atoms with Crippen molar-refractivity contribution in [3.8, 4) is 5.75 Å². The molecule has 0 atom stereocenters. The summed E-state index contributed by atoms with van der Waals surface area (Å²) in [5.74, 6) is 0.380. The fraction of sp³-hybridized carbons (Fsp3) is 0.350. The molecule has 27 heavy (non-hydrogen) atoms. The van der Waals surface area contributed by atoms with E-state index in [-0.39, 0.29) is 4.90 Å². The molecule has 1 aromatic carbocycles. The number of hydrogen-bond acceptors (Lipinski definition) is 6. The maximum atomic E-state index is 12.7. The summed E-state index contributed by atoms with van der Waals surface area (Å²) in [5, 5.41) is 1.17. The topological polar surface area (TPSA) is 68.7 Å². The van der Waals surface area contributed by atoms with Gasteiger partial charge in [-0.2, -0.15) is 0 Å². The average molecular weight is 388 g/mol. The van der Waals surface area contributed by atoms with Crippen LogP contribution in [0.4, 0.5) is 0 Å². The number of benzene rings is 1. The first-order valence-electron chi connectivity index (χ1n) is 9.01. The quantitative estimate of drug-likeness (QED) is 0.648. The van der Waals surface area contributed by atoms with E-state index in [1.807, 2.05) is 6.07 Å². The monoisotopic (exact) mass is 388 g/mol. The molecule has 0 bridgehead atoms. The summed E-state index contributed by atoms with van der Waals surface area (Å²) in [7, 11) is -3.62. The van der Waals surface area contributed by atoms with E-state index in [2.05, 4.69) is 9.88 Å². The zero-order valence-electron chi connectivity index (χ0n) is 15.2. The van der Waals surface area contributed by atoms with Crippen LogP contribution in [-0.4, -0.2) is 57.8 Å². The number of ether oxygens (including phenoxy) is 2. The van der Waals surface area contributed by atoms with Gasteiger partial charge < -0.3 is 9.47 Å². The normalized spacial score (nSPS) is 15.9. The Hall–Kier alpha value is -2.22. The molecule has 0 saturated carbocycles. The Morgan fingerprint density at radius 1 is 1.11 bits per heavy atom. The molecule has 1 aromatic heterocycles. The Kier molecular flexibility index (Phi) is 6.98. The van der Waals surface area contributed by atoms with E-state index in [0.29, 0.717) is 18.1 Å². The van der Waals surface area contributed by atoms with Crippen LogP contribution in [0.3, 0.4) is 0 Å². The summed E-state index contributed by atoms with van der Waals surface area (Å²) >= 11 is 0. The van der Waals surface area contributed by atoms with Crippen molar-refractivity contribution in [2.45, 2.75) is 11.3 Å². The number of hydrogen-bond donors (Lipinski definition) is 0. The van der Waals surface area contributed by atoms with E-state index < -0.39 is 9.84 Å². The second-order valence-corrected chi connectivity index (χ2v) is 8.01. The number of para-hydroxylation sites is 1. The van der Waals surface area contributed by atoms with Gasteiger partial charge in [0.25, 0.3) is 0 Å². The summed E-state index contributed by atoms with van der Waals surface area (Å²) in [5.41, 5.74) is 0.588. The lowest BCUT2D eigenvalue weighted by Crippen LogP contribution is -2.37. The highest BCUT2D eigenvalue weighted by molar-refractivity contribution is 7.94. The van der Waals surface area contributed by atoms with Crippen LogP contribution in [0.2, 0.25) is 0 Å². The third kappa shape index (κ3) is 5.89. The molecule has 1 fully saturated rings. The smallest absolute Gasteiger partial charge is 0.203 e. The van der Waals surface area contributed by atoms with Gasteiger partial charge in [-0.1, -0.05) is 18.2 Å². The van der Waals surface area contributed by atoms with Gasteiger partial charge in [0.1, 0.15) is 10.6 Å². The van der Waals surface area contributed by atoms with E-state index in [1.54, 1.807) is 42.6 Å². The molecule has 0 amide bonds. The van der Waals surface area contributed by atoms with E-state index in [1.165, 1.54) is 11.5 Å². The first kappa shape index (κ1) is 19.5. The molecule has 0 N–H and O–H groups in total. The largest absolute Gasteiger partial charge is 0.492 e. The van der Waals surface area contributed by atoms with Crippen molar-refractivity contribution in [2.24, 2.45) is 0 Å². The Bertz CT molecular complexity index is 847. The standard InChI is InChI=1S/C20H24N2O4S/c23-27(24,17-9-18-6-3-4-10-21-18)20-8-2-1-7-19(20)26-14-5-11-22-12-15-25-16-13-22/h1-4,6-10,17H,5,11-16H2. The van der Waals surface area contributed by atoms with Crippen molar-refractivity contribution in [3.05, 3.63) is 59.8 Å². The minimum atomic E-state index is -3.62. The zero-order chi connectivity index (χ0) is 19.0. The third-order valence-corrected chi connectivity index (χ3v) is 5.69. The van der Waals surface area contributed by atoms with Crippen LogP contribution in [0.15, 0.2) is 59.0 Å². The first-order chi connectivity index (χ1) is 13.1. The molecule has 0 unspecified atom stereocenters. The Morgan fingerprint density at radius 2 is 1.89 bits per heavy atom. The maximum absolute atomic E-state index is 12.7. The number of aromatic nitrogens is 1. The molecule has 1 aliphatic rings. The lowest BCUT2D eigenvalue weighted by Gasteiger charge is -2.26. The molecule has 1 aliphatic heterocycles. The van der Waals surface area contributed by atoms with E-state index in [9.17, 15) is 8.42 Å². The van der Waals surface area contributed by atoms with Crippen LogP contribution in [0, 0.1) is 0 Å². The van der Waals surface area contributed by atoms with Crippen LogP contribution < -0.4 is 4.74 Å². The fourth-order valence-corrected chi connectivity index (χ4v) is 3.95. The zero-order valence-corrected chi connectivity index (χ0v) is 16.0. The van der Waals surface area contributed by atoms with E-state index in [4.69, 9.17) is 9.47 Å². The van der Waals surface area contributed by atoms with Crippen molar-refractivity contribution in [1.29, 1.82) is 0 Å². The van der Waals surface area contributed by atoms with Gasteiger partial charge in [-0.05, 0) is 36.8 Å². The number of rotatable bonds is 8. The molecule has 144 valence electrons. The van der Waals surface area contributed by atoms with Crippen molar-refractivity contribution >= 4 is 15.9 Å². The molecule has 0 radical (unpaired) electrons. The lowest BCUT2D eigenvalue weighted by molar-refractivity contribution is 0.0357. The van der Waals surface area contributed by atoms with Gasteiger partial charge in [0, 0.05) is 31.2 Å². The number of sulfone groups is 1. The van der Waals surface area contributed by atoms with Crippen molar-refractivity contribution < 1.29 is 17.9 Å². The SMILES string of the molecule is O=S(=O)(C=Cc1ccccn1)c1ccccc1OCCCN1CCOCC1. The molecular weight excluding hydrogens is 364 g/mol. The summed E-state index contributed by atoms with van der Waals surface area (Å²) in [4.78, 5) is 6.60. The molecule has 3 rings (SSSR count). The Morgan fingerprint density at radius 3 is 2.67 bits per heavy atom. The summed E-state index contributed by atoms with van der Waals surface area (Å²) < 4.78 is 36.5. The number of morpholine rings is 1.